The van der Waals surface area contributed by atoms with Gasteiger partial charge in [-0.3, -0.25) is 24.6 Å². The molecule has 0 aliphatic carbocycles. The topological polar surface area (TPSA) is 148 Å². The van der Waals surface area contributed by atoms with Gasteiger partial charge in [0, 0.05) is 17.7 Å². The van der Waals surface area contributed by atoms with Crippen molar-refractivity contribution in [3.63, 3.8) is 0 Å². The van der Waals surface area contributed by atoms with Crippen LogP contribution < -0.4 is 4.90 Å². The molecule has 2 heterocycles. The monoisotopic (exact) mass is 617 g/mol. The maximum Gasteiger partial charge on any atom is 0.296 e. The van der Waals surface area contributed by atoms with Crippen molar-refractivity contribution in [2.24, 2.45) is 0 Å². The molecule has 43 heavy (non-hydrogen) atoms. The number of nitro benzene ring substituents is 1. The van der Waals surface area contributed by atoms with Crippen molar-refractivity contribution in [1.29, 1.82) is 0 Å². The molecule has 4 aromatic rings. The van der Waals surface area contributed by atoms with Crippen molar-refractivity contribution in [3.8, 4) is 0 Å². The lowest BCUT2D eigenvalue weighted by Gasteiger charge is -2.26. The van der Waals surface area contributed by atoms with Crippen LogP contribution in [0.3, 0.4) is 0 Å². The minimum absolute atomic E-state index is 0.0476. The Balaban J connectivity index is 1.59. The number of hydrogen-bond donors (Lipinski definition) is 1. The van der Waals surface area contributed by atoms with E-state index in [2.05, 4.69) is 4.98 Å². The minimum atomic E-state index is -4.15. The predicted molar refractivity (Wildman–Crippen MR) is 161 cm³/mol. The molecule has 1 aromatic heterocycles. The first-order chi connectivity index (χ1) is 20.2. The van der Waals surface area contributed by atoms with E-state index in [1.807, 2.05) is 39.8 Å². The van der Waals surface area contributed by atoms with Crippen molar-refractivity contribution < 1.29 is 28.0 Å². The number of aliphatic hydroxyl groups is 1. The second-order valence-electron chi connectivity index (χ2n) is 11.1. The van der Waals surface area contributed by atoms with Gasteiger partial charge in [0.15, 0.2) is 16.7 Å². The number of carbonyl (C=O) groups is 2. The van der Waals surface area contributed by atoms with E-state index >= 15 is 0 Å². The molecule has 1 N–H and O–H groups in total. The molecular weight excluding hydrogens is 590 g/mol. The molecule has 0 spiro atoms. The molecule has 220 valence electrons. The van der Waals surface area contributed by atoms with Gasteiger partial charge in [-0.15, -0.1) is 0 Å². The van der Waals surface area contributed by atoms with Crippen molar-refractivity contribution in [2.45, 2.75) is 48.3 Å². The van der Waals surface area contributed by atoms with Crippen LogP contribution in [0.4, 0.5) is 10.8 Å². The number of Topliss-reactive ketones (excluding diaryl/α,β-unsaturated/α-hetero) is 1. The number of thiazole rings is 1. The molecule has 1 aliphatic rings. The average Bonchev–Trinajstić information content (AvgIpc) is 3.56. The molecule has 1 aliphatic heterocycles. The standard InChI is InChI=1S/C31H27N3O7S2/c1-18-5-7-20(8-6-18)27(35)25-26(19-9-11-21(12-10-19)31(2,3)4)33(29(37)28(25)36)30-32-17-24(42-30)43(40,41)23-15-13-22(14-16-23)34(38)39/h5-17,26,36H,1-4H3. The number of aromatic nitrogens is 1. The predicted octanol–water partition coefficient (Wildman–Crippen LogP) is 6.27. The van der Waals surface area contributed by atoms with Crippen LogP contribution in [0.5, 0.6) is 0 Å². The van der Waals surface area contributed by atoms with Crippen molar-refractivity contribution >= 4 is 43.7 Å². The van der Waals surface area contributed by atoms with Crippen molar-refractivity contribution in [3.05, 3.63) is 123 Å². The van der Waals surface area contributed by atoms with Crippen molar-refractivity contribution in [1.82, 2.24) is 4.98 Å². The maximum absolute atomic E-state index is 13.8. The first kappa shape index (κ1) is 29.8. The Bertz CT molecular complexity index is 1890. The molecule has 3 aromatic carbocycles. The summed E-state index contributed by atoms with van der Waals surface area (Å²) in [5.41, 5.74) is 2.16. The van der Waals surface area contributed by atoms with Crippen LogP contribution in [0.25, 0.3) is 0 Å². The van der Waals surface area contributed by atoms with Crippen LogP contribution in [0.15, 0.2) is 99.4 Å². The van der Waals surface area contributed by atoms with Crippen LogP contribution in [0, 0.1) is 17.0 Å². The highest BCUT2D eigenvalue weighted by Gasteiger charge is 2.46. The molecule has 0 radical (unpaired) electrons. The van der Waals surface area contributed by atoms with Crippen LogP contribution in [0.1, 0.15) is 53.9 Å². The van der Waals surface area contributed by atoms with Crippen LogP contribution in [-0.4, -0.2) is 35.1 Å². The van der Waals surface area contributed by atoms with Gasteiger partial charge in [0.1, 0.15) is 4.21 Å². The number of amides is 1. The second kappa shape index (κ2) is 10.9. The Morgan fingerprint density at radius 1 is 1.00 bits per heavy atom. The highest BCUT2D eigenvalue weighted by Crippen LogP contribution is 2.44. The molecule has 1 atom stereocenters. The average molecular weight is 618 g/mol. The molecule has 1 amide bonds. The molecular formula is C31H27N3O7S2. The van der Waals surface area contributed by atoms with E-state index in [4.69, 9.17) is 0 Å². The SMILES string of the molecule is Cc1ccc(C(=O)C2=C(O)C(=O)N(c3ncc(S(=O)(=O)c4ccc([N+](=O)[O-])cc4)s3)C2c2ccc(C(C)(C)C)cc2)cc1. The Hall–Kier alpha value is -4.68. The van der Waals surface area contributed by atoms with Gasteiger partial charge >= 0.3 is 0 Å². The summed E-state index contributed by atoms with van der Waals surface area (Å²) < 4.78 is 26.5. The minimum Gasteiger partial charge on any atom is -0.503 e. The summed E-state index contributed by atoms with van der Waals surface area (Å²) in [5, 5.41) is 22.0. The van der Waals surface area contributed by atoms with Gasteiger partial charge in [0.05, 0.1) is 27.6 Å². The zero-order valence-corrected chi connectivity index (χ0v) is 25.3. The van der Waals surface area contributed by atoms with E-state index in [9.17, 15) is 33.2 Å². The van der Waals surface area contributed by atoms with E-state index in [0.29, 0.717) is 16.9 Å². The van der Waals surface area contributed by atoms with Crippen molar-refractivity contribution in [2.75, 3.05) is 4.90 Å². The summed E-state index contributed by atoms with van der Waals surface area (Å²) in [6.45, 7) is 8.02. The summed E-state index contributed by atoms with van der Waals surface area (Å²) in [4.78, 5) is 42.9. The van der Waals surface area contributed by atoms with Gasteiger partial charge in [-0.1, -0.05) is 86.2 Å². The number of nitro groups is 1. The Kier molecular flexibility index (Phi) is 7.53. The van der Waals surface area contributed by atoms with E-state index in [-0.39, 0.29) is 36.5 Å². The van der Waals surface area contributed by atoms with Gasteiger partial charge in [0.2, 0.25) is 9.84 Å². The largest absolute Gasteiger partial charge is 0.503 e. The van der Waals surface area contributed by atoms with Gasteiger partial charge in [-0.2, -0.15) is 0 Å². The number of rotatable bonds is 7. The fourth-order valence-electron chi connectivity index (χ4n) is 4.73. The first-order valence-corrected chi connectivity index (χ1v) is 15.4. The number of aliphatic hydroxyl groups excluding tert-OH is 1. The van der Waals surface area contributed by atoms with E-state index in [1.54, 1.807) is 36.4 Å². The third-order valence-corrected chi connectivity index (χ3v) is 10.4. The number of anilines is 1. The number of sulfone groups is 1. The Labute approximate surface area is 252 Å². The number of nitrogens with zero attached hydrogens (tertiary/aromatic N) is 3. The summed E-state index contributed by atoms with van der Waals surface area (Å²) in [6, 6.07) is 17.4. The quantitative estimate of drug-likeness (QED) is 0.145. The lowest BCUT2D eigenvalue weighted by Crippen LogP contribution is -2.31. The molecule has 1 unspecified atom stereocenters. The lowest BCUT2D eigenvalue weighted by molar-refractivity contribution is -0.384. The lowest BCUT2D eigenvalue weighted by atomic mass is 9.85. The van der Waals surface area contributed by atoms with Crippen LogP contribution >= 0.6 is 11.3 Å². The molecule has 10 nitrogen and oxygen atoms in total. The molecule has 0 saturated heterocycles. The third-order valence-electron chi connectivity index (χ3n) is 7.16. The third kappa shape index (κ3) is 5.46. The molecule has 5 rings (SSSR count). The molecule has 0 saturated carbocycles. The second-order valence-corrected chi connectivity index (χ2v) is 14.3. The first-order valence-electron chi connectivity index (χ1n) is 13.1. The normalized spacial score (nSPS) is 15.7. The summed E-state index contributed by atoms with van der Waals surface area (Å²) in [5.74, 6) is -2.19. The number of non-ortho nitro benzene ring substituents is 1. The Morgan fingerprint density at radius 3 is 2.16 bits per heavy atom. The van der Waals surface area contributed by atoms with Gasteiger partial charge < -0.3 is 5.11 Å². The number of carbonyl (C=O) groups excluding carboxylic acids is 2. The van der Waals surface area contributed by atoms with Gasteiger partial charge in [-0.25, -0.2) is 13.4 Å². The van der Waals surface area contributed by atoms with E-state index in [0.717, 1.165) is 46.5 Å². The highest BCUT2D eigenvalue weighted by molar-refractivity contribution is 7.93. The summed E-state index contributed by atoms with van der Waals surface area (Å²) in [6.07, 6.45) is 1.08. The fourth-order valence-corrected chi connectivity index (χ4v) is 7.27. The fraction of sp³-hybridized carbons (Fsp3) is 0.194. The molecule has 0 bridgehead atoms. The molecule has 0 fully saturated rings. The van der Waals surface area contributed by atoms with Gasteiger partial charge in [0.25, 0.3) is 11.6 Å². The number of hydrogen-bond acceptors (Lipinski definition) is 9. The number of aryl methyl sites for hydroxylation is 1. The zero-order chi connectivity index (χ0) is 31.3. The Morgan fingerprint density at radius 2 is 1.60 bits per heavy atom. The number of benzene rings is 3. The zero-order valence-electron chi connectivity index (χ0n) is 23.6. The number of ketones is 1. The highest BCUT2D eigenvalue weighted by atomic mass is 32.2. The van der Waals surface area contributed by atoms with Crippen LogP contribution in [-0.2, 0) is 20.0 Å². The molecule has 12 heteroatoms. The van der Waals surface area contributed by atoms with E-state index in [1.165, 1.54) is 0 Å². The van der Waals surface area contributed by atoms with E-state index < -0.39 is 38.3 Å². The summed E-state index contributed by atoms with van der Waals surface area (Å²) >= 11 is 0.689. The maximum atomic E-state index is 13.8. The van der Waals surface area contributed by atoms with Gasteiger partial charge in [-0.05, 0) is 35.6 Å². The smallest absolute Gasteiger partial charge is 0.296 e. The van der Waals surface area contributed by atoms with Crippen LogP contribution in [0.2, 0.25) is 0 Å². The summed E-state index contributed by atoms with van der Waals surface area (Å²) in [7, 11) is -4.15.